The van der Waals surface area contributed by atoms with Crippen LogP contribution >= 0.6 is 0 Å². The van der Waals surface area contributed by atoms with E-state index in [2.05, 4.69) is 37.4 Å². The maximum Gasteiger partial charge on any atom is -0.00112 e. The van der Waals surface area contributed by atoms with Crippen molar-refractivity contribution < 1.29 is 0 Å². The van der Waals surface area contributed by atoms with Crippen LogP contribution in [0.1, 0.15) is 30.5 Å². The Kier molecular flexibility index (Phi) is 4.68. The molecule has 0 saturated heterocycles. The van der Waals surface area contributed by atoms with Crippen molar-refractivity contribution in [2.24, 2.45) is 0 Å². The average molecular weight is 191 g/mol. The van der Waals surface area contributed by atoms with Crippen molar-refractivity contribution in [1.29, 1.82) is 0 Å². The van der Waals surface area contributed by atoms with Crippen molar-refractivity contribution in [1.82, 2.24) is 5.32 Å². The fraction of sp³-hybridized carbons (Fsp3) is 0.538. The van der Waals surface area contributed by atoms with Gasteiger partial charge in [-0.25, -0.2) is 0 Å². The third-order valence-electron chi connectivity index (χ3n) is 2.76. The molecule has 78 valence electrons. The molecular formula is C13H21N. The molecule has 0 saturated carbocycles. The van der Waals surface area contributed by atoms with Gasteiger partial charge in [-0.05, 0) is 49.5 Å². The van der Waals surface area contributed by atoms with Gasteiger partial charge in [-0.1, -0.05) is 32.0 Å². The molecule has 14 heavy (non-hydrogen) atoms. The van der Waals surface area contributed by atoms with Gasteiger partial charge in [0.05, 0.1) is 0 Å². The van der Waals surface area contributed by atoms with Crippen molar-refractivity contribution in [2.75, 3.05) is 13.6 Å². The number of hydrogen-bond acceptors (Lipinski definition) is 1. The first-order valence-electron chi connectivity index (χ1n) is 5.57. The SMILES string of the molecule is CCc1cccc(CC)c1CCNC. The zero-order chi connectivity index (χ0) is 10.4. The molecule has 1 aromatic carbocycles. The van der Waals surface area contributed by atoms with Crippen LogP contribution in [0.4, 0.5) is 0 Å². The molecule has 0 aromatic heterocycles. The number of aryl methyl sites for hydroxylation is 2. The highest BCUT2D eigenvalue weighted by atomic mass is 14.8. The highest BCUT2D eigenvalue weighted by Gasteiger charge is 2.04. The van der Waals surface area contributed by atoms with E-state index in [9.17, 15) is 0 Å². The van der Waals surface area contributed by atoms with Gasteiger partial charge in [0.25, 0.3) is 0 Å². The molecule has 1 aromatic rings. The van der Waals surface area contributed by atoms with E-state index in [1.54, 1.807) is 5.56 Å². The number of likely N-dealkylation sites (N-methyl/N-ethyl adjacent to an activating group) is 1. The second-order valence-electron chi connectivity index (χ2n) is 3.62. The second kappa shape index (κ2) is 5.82. The summed E-state index contributed by atoms with van der Waals surface area (Å²) >= 11 is 0. The molecule has 1 rings (SSSR count). The van der Waals surface area contributed by atoms with Gasteiger partial charge in [0, 0.05) is 0 Å². The van der Waals surface area contributed by atoms with E-state index < -0.39 is 0 Å². The molecule has 0 aliphatic rings. The summed E-state index contributed by atoms with van der Waals surface area (Å²) in [5.74, 6) is 0. The largest absolute Gasteiger partial charge is 0.319 e. The van der Waals surface area contributed by atoms with Gasteiger partial charge in [0.2, 0.25) is 0 Å². The topological polar surface area (TPSA) is 12.0 Å². The van der Waals surface area contributed by atoms with E-state index in [4.69, 9.17) is 0 Å². The van der Waals surface area contributed by atoms with Crippen LogP contribution in [-0.2, 0) is 19.3 Å². The average Bonchev–Trinajstić information content (AvgIpc) is 2.25. The van der Waals surface area contributed by atoms with Crippen LogP contribution in [0.2, 0.25) is 0 Å². The van der Waals surface area contributed by atoms with E-state index in [1.807, 2.05) is 7.05 Å². The zero-order valence-corrected chi connectivity index (χ0v) is 9.56. The third kappa shape index (κ3) is 2.58. The Hall–Kier alpha value is -0.820. The second-order valence-corrected chi connectivity index (χ2v) is 3.62. The van der Waals surface area contributed by atoms with Crippen LogP contribution < -0.4 is 5.32 Å². The Morgan fingerprint density at radius 2 is 1.64 bits per heavy atom. The molecule has 0 fully saturated rings. The fourth-order valence-electron chi connectivity index (χ4n) is 1.92. The normalized spacial score (nSPS) is 10.5. The summed E-state index contributed by atoms with van der Waals surface area (Å²) in [5.41, 5.74) is 4.59. The van der Waals surface area contributed by atoms with E-state index in [0.29, 0.717) is 0 Å². The number of benzene rings is 1. The Labute approximate surface area is 87.5 Å². The summed E-state index contributed by atoms with van der Waals surface area (Å²) in [4.78, 5) is 0. The quantitative estimate of drug-likeness (QED) is 0.754. The molecule has 1 N–H and O–H groups in total. The van der Waals surface area contributed by atoms with Crippen LogP contribution in [0.5, 0.6) is 0 Å². The summed E-state index contributed by atoms with van der Waals surface area (Å²) in [7, 11) is 2.01. The molecule has 0 spiro atoms. The lowest BCUT2D eigenvalue weighted by Crippen LogP contribution is -2.12. The van der Waals surface area contributed by atoms with Gasteiger partial charge in [-0.15, -0.1) is 0 Å². The smallest absolute Gasteiger partial charge is 0.00112 e. The molecule has 0 bridgehead atoms. The van der Waals surface area contributed by atoms with Gasteiger partial charge in [0.1, 0.15) is 0 Å². The third-order valence-corrected chi connectivity index (χ3v) is 2.76. The van der Waals surface area contributed by atoms with Gasteiger partial charge in [0.15, 0.2) is 0 Å². The summed E-state index contributed by atoms with van der Waals surface area (Å²) < 4.78 is 0. The number of hydrogen-bond donors (Lipinski definition) is 1. The minimum Gasteiger partial charge on any atom is -0.319 e. The van der Waals surface area contributed by atoms with E-state index in [-0.39, 0.29) is 0 Å². The van der Waals surface area contributed by atoms with Crippen molar-refractivity contribution in [3.63, 3.8) is 0 Å². The summed E-state index contributed by atoms with van der Waals surface area (Å²) in [5, 5.41) is 3.22. The van der Waals surface area contributed by atoms with Crippen LogP contribution in [0.25, 0.3) is 0 Å². The molecule has 1 nitrogen and oxygen atoms in total. The molecule has 1 heteroatoms. The molecule has 0 heterocycles. The highest BCUT2D eigenvalue weighted by Crippen LogP contribution is 2.16. The standard InChI is InChI=1S/C13H21N/c1-4-11-7-6-8-12(5-2)13(11)9-10-14-3/h6-8,14H,4-5,9-10H2,1-3H3. The predicted molar refractivity (Wildman–Crippen MR) is 62.8 cm³/mol. The lowest BCUT2D eigenvalue weighted by atomic mass is 9.95. The first-order chi connectivity index (χ1) is 6.83. The fourth-order valence-corrected chi connectivity index (χ4v) is 1.92. The molecule has 0 atom stereocenters. The molecule has 0 unspecified atom stereocenters. The summed E-state index contributed by atoms with van der Waals surface area (Å²) in [6.07, 6.45) is 3.45. The van der Waals surface area contributed by atoms with E-state index in [1.165, 1.54) is 11.1 Å². The van der Waals surface area contributed by atoms with Crippen LogP contribution in [0.15, 0.2) is 18.2 Å². The Bertz CT molecular complexity index is 256. The summed E-state index contributed by atoms with van der Waals surface area (Å²) in [6, 6.07) is 6.69. The first kappa shape index (κ1) is 11.3. The Morgan fingerprint density at radius 1 is 1.07 bits per heavy atom. The van der Waals surface area contributed by atoms with Crippen molar-refractivity contribution in [2.45, 2.75) is 33.1 Å². The zero-order valence-electron chi connectivity index (χ0n) is 9.56. The number of rotatable bonds is 5. The lowest BCUT2D eigenvalue weighted by Gasteiger charge is -2.12. The van der Waals surface area contributed by atoms with E-state index >= 15 is 0 Å². The maximum absolute atomic E-state index is 3.22. The van der Waals surface area contributed by atoms with Crippen LogP contribution in [0, 0.1) is 0 Å². The van der Waals surface area contributed by atoms with Gasteiger partial charge < -0.3 is 5.32 Å². The number of nitrogens with one attached hydrogen (secondary N) is 1. The molecule has 0 amide bonds. The van der Waals surface area contributed by atoms with Gasteiger partial charge >= 0.3 is 0 Å². The molecule has 0 aliphatic carbocycles. The summed E-state index contributed by atoms with van der Waals surface area (Å²) in [6.45, 7) is 5.54. The van der Waals surface area contributed by atoms with Crippen molar-refractivity contribution in [3.05, 3.63) is 34.9 Å². The van der Waals surface area contributed by atoms with Gasteiger partial charge in [-0.2, -0.15) is 0 Å². The minimum absolute atomic E-state index is 1.07. The van der Waals surface area contributed by atoms with Crippen molar-refractivity contribution >= 4 is 0 Å². The van der Waals surface area contributed by atoms with Gasteiger partial charge in [-0.3, -0.25) is 0 Å². The van der Waals surface area contributed by atoms with Crippen LogP contribution in [0.3, 0.4) is 0 Å². The van der Waals surface area contributed by atoms with Crippen molar-refractivity contribution in [3.8, 4) is 0 Å². The molecular weight excluding hydrogens is 170 g/mol. The molecule has 0 aliphatic heterocycles. The Morgan fingerprint density at radius 3 is 2.07 bits per heavy atom. The lowest BCUT2D eigenvalue weighted by molar-refractivity contribution is 0.778. The first-order valence-corrected chi connectivity index (χ1v) is 5.57. The van der Waals surface area contributed by atoms with E-state index in [0.717, 1.165) is 25.8 Å². The predicted octanol–water partition coefficient (Wildman–Crippen LogP) is 2.57. The minimum atomic E-state index is 1.07. The maximum atomic E-state index is 3.22. The molecule has 0 radical (unpaired) electrons. The highest BCUT2D eigenvalue weighted by molar-refractivity contribution is 5.35. The monoisotopic (exact) mass is 191 g/mol. The Balaban J connectivity index is 2.93. The van der Waals surface area contributed by atoms with Crippen LogP contribution in [-0.4, -0.2) is 13.6 Å².